The number of rotatable bonds is 10. The molecule has 0 aromatic heterocycles. The van der Waals surface area contributed by atoms with Crippen LogP contribution < -0.4 is 5.32 Å². The molecule has 1 saturated heterocycles. The molecule has 10 heteroatoms. The maximum absolute atomic E-state index is 14.1. The first kappa shape index (κ1) is 34.1. The number of nitrogens with one attached hydrogen (secondary N) is 1. The molecule has 2 aliphatic carbocycles. The Morgan fingerprint density at radius 2 is 1.84 bits per heavy atom. The van der Waals surface area contributed by atoms with Gasteiger partial charge >= 0.3 is 12.2 Å². The summed E-state index contributed by atoms with van der Waals surface area (Å²) in [6.45, 7) is 7.16. The van der Waals surface area contributed by atoms with Crippen molar-refractivity contribution in [3.8, 4) is 12.3 Å². The van der Waals surface area contributed by atoms with Crippen LogP contribution >= 0.6 is 0 Å². The van der Waals surface area contributed by atoms with Crippen molar-refractivity contribution in [2.24, 2.45) is 5.92 Å². The van der Waals surface area contributed by atoms with Crippen molar-refractivity contribution in [3.63, 3.8) is 0 Å². The summed E-state index contributed by atoms with van der Waals surface area (Å²) in [5.41, 5.74) is -0.227. The molecule has 2 atom stereocenters. The molecule has 0 bridgehead atoms. The Morgan fingerprint density at radius 3 is 2.37 bits per heavy atom. The van der Waals surface area contributed by atoms with Crippen molar-refractivity contribution >= 4 is 11.9 Å². The van der Waals surface area contributed by atoms with Gasteiger partial charge in [0.2, 0.25) is 11.8 Å². The summed E-state index contributed by atoms with van der Waals surface area (Å²) >= 11 is 0. The fourth-order valence-electron chi connectivity index (χ4n) is 5.65. The number of urea groups is 1. The topological polar surface area (TPSA) is 52.7 Å². The summed E-state index contributed by atoms with van der Waals surface area (Å²) in [5.74, 6) is -0.759. The van der Waals surface area contributed by atoms with Gasteiger partial charge in [-0.25, -0.2) is 13.6 Å². The third kappa shape index (κ3) is 9.57. The molecule has 0 aromatic rings. The minimum atomic E-state index is -4.71. The number of carbonyl (C=O) groups excluding carboxylic acids is 2. The van der Waals surface area contributed by atoms with Gasteiger partial charge in [0, 0.05) is 38.0 Å². The van der Waals surface area contributed by atoms with Crippen LogP contribution in [0.5, 0.6) is 0 Å². The van der Waals surface area contributed by atoms with Crippen LogP contribution in [0.1, 0.15) is 71.6 Å². The molecular weight excluding hydrogens is 565 g/mol. The quantitative estimate of drug-likeness (QED) is 0.159. The first-order valence-electron chi connectivity index (χ1n) is 15.0. The van der Waals surface area contributed by atoms with Gasteiger partial charge in [0.15, 0.2) is 0 Å². The highest BCUT2D eigenvalue weighted by molar-refractivity contribution is 5.91. The lowest BCUT2D eigenvalue weighted by Gasteiger charge is -2.40. The van der Waals surface area contributed by atoms with Gasteiger partial charge in [0.05, 0.1) is 5.57 Å². The maximum Gasteiger partial charge on any atom is 0.416 e. The average Bonchev–Trinajstić information content (AvgIpc) is 3.79. The minimum Gasteiger partial charge on any atom is -0.351 e. The van der Waals surface area contributed by atoms with E-state index in [1.807, 2.05) is 6.92 Å². The monoisotopic (exact) mass is 607 g/mol. The van der Waals surface area contributed by atoms with Crippen LogP contribution in [0.4, 0.5) is 26.7 Å². The van der Waals surface area contributed by atoms with Crippen molar-refractivity contribution < 1.29 is 31.5 Å². The van der Waals surface area contributed by atoms with Gasteiger partial charge in [-0.05, 0) is 88.0 Å². The van der Waals surface area contributed by atoms with Crippen LogP contribution in [0.25, 0.3) is 0 Å². The molecule has 0 radical (unpaired) electrons. The molecule has 3 aliphatic rings. The van der Waals surface area contributed by atoms with E-state index in [0.717, 1.165) is 55.9 Å². The molecular formula is C33H42F5N3O2. The van der Waals surface area contributed by atoms with Gasteiger partial charge in [-0.15, -0.1) is 6.42 Å². The Morgan fingerprint density at radius 1 is 1.16 bits per heavy atom. The zero-order chi connectivity index (χ0) is 31.8. The van der Waals surface area contributed by atoms with E-state index >= 15 is 0 Å². The van der Waals surface area contributed by atoms with Gasteiger partial charge in [0.25, 0.3) is 0 Å². The number of amides is 3. The molecule has 3 amide bonds. The van der Waals surface area contributed by atoms with Crippen LogP contribution in [0.2, 0.25) is 0 Å². The van der Waals surface area contributed by atoms with Crippen LogP contribution in [-0.4, -0.2) is 65.1 Å². The second-order valence-electron chi connectivity index (χ2n) is 11.6. The summed E-state index contributed by atoms with van der Waals surface area (Å²) in [5, 5.41) is 2.76. The predicted octanol–water partition coefficient (Wildman–Crippen LogP) is 7.49. The Balaban J connectivity index is 2.06. The highest BCUT2D eigenvalue weighted by Crippen LogP contribution is 2.37. The number of hydrogen-bond acceptors (Lipinski definition) is 2. The number of alkyl halides is 5. The third-order valence-electron chi connectivity index (χ3n) is 8.34. The number of nitrogens with zero attached hydrogens (tertiary/aromatic N) is 2. The van der Waals surface area contributed by atoms with Gasteiger partial charge in [-0.1, -0.05) is 36.8 Å². The van der Waals surface area contributed by atoms with Crippen molar-refractivity contribution in [1.29, 1.82) is 0 Å². The standard InChI is InChI=1S/C33H42F5N3O2/c1-5-11-25(26-14-15-26)13-10-21-41(31(43)40-20-9-8-12-23(40)4)29(24(6-2)22-27(7-3)33(36,37)38)30(42)39-28-16-18-32(34,35)19-17-28/h1,6-7,10-11,13,22-23,26,28-29H,2,8-9,12,14-21H2,3-4H3,(H,39,42)/b13-10-,24-22+,25-11+,27-7+. The zero-order valence-corrected chi connectivity index (χ0v) is 24.9. The van der Waals surface area contributed by atoms with E-state index in [9.17, 15) is 31.5 Å². The fourth-order valence-corrected chi connectivity index (χ4v) is 5.65. The van der Waals surface area contributed by atoms with E-state index in [4.69, 9.17) is 6.42 Å². The van der Waals surface area contributed by atoms with Crippen molar-refractivity contribution in [2.75, 3.05) is 13.1 Å². The molecule has 1 aliphatic heterocycles. The Labute approximate surface area is 251 Å². The lowest BCUT2D eigenvalue weighted by molar-refractivity contribution is -0.126. The van der Waals surface area contributed by atoms with E-state index in [1.165, 1.54) is 11.8 Å². The molecule has 0 spiro atoms. The first-order valence-corrected chi connectivity index (χ1v) is 15.0. The predicted molar refractivity (Wildman–Crippen MR) is 158 cm³/mol. The number of halogens is 5. The fraction of sp³-hybridized carbons (Fsp3) is 0.576. The second-order valence-corrected chi connectivity index (χ2v) is 11.6. The number of likely N-dealkylation sites (tertiary alicyclic amines) is 1. The lowest BCUT2D eigenvalue weighted by atomic mass is 9.91. The zero-order valence-electron chi connectivity index (χ0n) is 24.9. The Bertz CT molecular complexity index is 1180. The van der Waals surface area contributed by atoms with Crippen LogP contribution in [0, 0.1) is 18.3 Å². The van der Waals surface area contributed by atoms with E-state index in [1.54, 1.807) is 23.1 Å². The molecule has 1 N–H and O–H groups in total. The van der Waals surface area contributed by atoms with E-state index in [2.05, 4.69) is 17.8 Å². The molecule has 1 heterocycles. The van der Waals surface area contributed by atoms with Crippen LogP contribution in [0.3, 0.4) is 0 Å². The molecule has 3 rings (SSSR count). The largest absolute Gasteiger partial charge is 0.416 e. The average molecular weight is 608 g/mol. The second kappa shape index (κ2) is 14.9. The minimum absolute atomic E-state index is 0.0138. The molecule has 0 aromatic carbocycles. The van der Waals surface area contributed by atoms with Crippen LogP contribution in [0.15, 0.2) is 59.8 Å². The number of piperidine rings is 1. The molecule has 3 fully saturated rings. The highest BCUT2D eigenvalue weighted by Gasteiger charge is 2.40. The van der Waals surface area contributed by atoms with E-state index < -0.39 is 54.5 Å². The molecule has 2 saturated carbocycles. The van der Waals surface area contributed by atoms with Gasteiger partial charge in [0.1, 0.15) is 6.04 Å². The number of terminal acetylenes is 1. The normalized spacial score (nSPS) is 23.1. The van der Waals surface area contributed by atoms with Gasteiger partial charge < -0.3 is 15.1 Å². The molecule has 5 nitrogen and oxygen atoms in total. The van der Waals surface area contributed by atoms with Crippen molar-refractivity contribution in [2.45, 2.75) is 102 Å². The summed E-state index contributed by atoms with van der Waals surface area (Å²) in [4.78, 5) is 31.0. The van der Waals surface area contributed by atoms with Gasteiger partial charge in [-0.3, -0.25) is 4.79 Å². The molecule has 2 unspecified atom stereocenters. The summed E-state index contributed by atoms with van der Waals surface area (Å²) in [6, 6.07) is -2.74. The maximum atomic E-state index is 14.1. The van der Waals surface area contributed by atoms with E-state index in [-0.39, 0.29) is 31.0 Å². The van der Waals surface area contributed by atoms with Crippen molar-refractivity contribution in [3.05, 3.63) is 59.8 Å². The smallest absolute Gasteiger partial charge is 0.351 e. The number of carbonyl (C=O) groups is 2. The lowest BCUT2D eigenvalue weighted by Crippen LogP contribution is -2.58. The first-order chi connectivity index (χ1) is 20.3. The van der Waals surface area contributed by atoms with Crippen molar-refractivity contribution in [1.82, 2.24) is 15.1 Å². The SMILES string of the molecule is C#C/C=C(\C=C/CN(C(=O)N1CCCCC1C)C(C(=O)NC1CCC(F)(F)CC1)/C(C=C)=C/C(=C\C)C(F)(F)F)C1CC1. The van der Waals surface area contributed by atoms with E-state index in [0.29, 0.717) is 12.5 Å². The Hall–Kier alpha value is -3.35. The highest BCUT2D eigenvalue weighted by atomic mass is 19.4. The Kier molecular flexibility index (Phi) is 11.8. The summed E-state index contributed by atoms with van der Waals surface area (Å²) in [7, 11) is 0. The molecule has 236 valence electrons. The molecule has 43 heavy (non-hydrogen) atoms. The third-order valence-corrected chi connectivity index (χ3v) is 8.34. The summed E-state index contributed by atoms with van der Waals surface area (Å²) in [6.07, 6.45) is 12.3. The number of hydrogen-bond donors (Lipinski definition) is 1. The van der Waals surface area contributed by atoms with Crippen LogP contribution in [-0.2, 0) is 4.79 Å². The van der Waals surface area contributed by atoms with Gasteiger partial charge in [-0.2, -0.15) is 13.2 Å². The number of allylic oxidation sites excluding steroid dienone is 6. The summed E-state index contributed by atoms with van der Waals surface area (Å²) < 4.78 is 69.1.